The summed E-state index contributed by atoms with van der Waals surface area (Å²) in [7, 11) is 0. The summed E-state index contributed by atoms with van der Waals surface area (Å²) in [5.74, 6) is -0.145. The van der Waals surface area contributed by atoms with Gasteiger partial charge in [-0.15, -0.1) is 0 Å². The van der Waals surface area contributed by atoms with Gasteiger partial charge in [-0.2, -0.15) is 0 Å². The fourth-order valence-corrected chi connectivity index (χ4v) is 4.12. The lowest BCUT2D eigenvalue weighted by Gasteiger charge is -2.23. The molecule has 0 unspecified atom stereocenters. The van der Waals surface area contributed by atoms with E-state index in [2.05, 4.69) is 5.32 Å². The monoisotopic (exact) mass is 441 g/mol. The van der Waals surface area contributed by atoms with Crippen LogP contribution in [0.25, 0.3) is 10.8 Å². The molecule has 0 aliphatic carbocycles. The molecule has 1 aliphatic rings. The van der Waals surface area contributed by atoms with Gasteiger partial charge in [0.1, 0.15) is 0 Å². The van der Waals surface area contributed by atoms with Crippen molar-refractivity contribution in [3.8, 4) is 0 Å². The van der Waals surface area contributed by atoms with Gasteiger partial charge in [-0.05, 0) is 47.5 Å². The number of carbonyl (C=O) groups excluding carboxylic acids is 2. The highest BCUT2D eigenvalue weighted by atomic mass is 35.5. The van der Waals surface area contributed by atoms with Crippen LogP contribution in [-0.4, -0.2) is 47.9 Å². The molecule has 7 heteroatoms. The molecule has 30 heavy (non-hydrogen) atoms. The minimum absolute atomic E-state index is 0.145. The zero-order valence-electron chi connectivity index (χ0n) is 16.3. The van der Waals surface area contributed by atoms with Gasteiger partial charge >= 0.3 is 6.03 Å². The summed E-state index contributed by atoms with van der Waals surface area (Å²) < 4.78 is 0. The lowest BCUT2D eigenvalue weighted by atomic mass is 10.1. The van der Waals surface area contributed by atoms with Crippen molar-refractivity contribution in [3.05, 3.63) is 76.3 Å². The second-order valence-electron chi connectivity index (χ2n) is 7.25. The van der Waals surface area contributed by atoms with Gasteiger partial charge in [0, 0.05) is 36.9 Å². The highest BCUT2D eigenvalue weighted by Crippen LogP contribution is 2.23. The molecule has 3 aromatic rings. The van der Waals surface area contributed by atoms with Gasteiger partial charge in [0.2, 0.25) is 0 Å². The highest BCUT2D eigenvalue weighted by molar-refractivity contribution is 6.36. The molecular formula is C23H21Cl2N3O2. The third kappa shape index (κ3) is 4.53. The van der Waals surface area contributed by atoms with Crippen molar-refractivity contribution in [1.29, 1.82) is 0 Å². The first-order valence-electron chi connectivity index (χ1n) is 9.80. The molecule has 1 N–H and O–H groups in total. The number of fused-ring (bicyclic) bond motifs is 1. The molecule has 0 saturated carbocycles. The number of hydrogen-bond donors (Lipinski definition) is 1. The van der Waals surface area contributed by atoms with Crippen LogP contribution in [-0.2, 0) is 0 Å². The van der Waals surface area contributed by atoms with E-state index in [4.69, 9.17) is 23.2 Å². The smallest absolute Gasteiger partial charge is 0.321 e. The van der Waals surface area contributed by atoms with Crippen LogP contribution in [0.15, 0.2) is 60.7 Å². The lowest BCUT2D eigenvalue weighted by molar-refractivity contribution is 0.0763. The van der Waals surface area contributed by atoms with Crippen LogP contribution < -0.4 is 5.32 Å². The van der Waals surface area contributed by atoms with E-state index in [1.807, 2.05) is 42.5 Å². The van der Waals surface area contributed by atoms with E-state index >= 15 is 0 Å². The molecule has 1 fully saturated rings. The van der Waals surface area contributed by atoms with Crippen molar-refractivity contribution in [2.24, 2.45) is 0 Å². The molecule has 3 aromatic carbocycles. The molecule has 0 spiro atoms. The maximum Gasteiger partial charge on any atom is 0.321 e. The van der Waals surface area contributed by atoms with Gasteiger partial charge in [0.05, 0.1) is 10.6 Å². The maximum atomic E-state index is 12.9. The molecule has 3 amide bonds. The molecule has 4 rings (SSSR count). The Bertz CT molecular complexity index is 1100. The first-order chi connectivity index (χ1) is 14.5. The second-order valence-corrected chi connectivity index (χ2v) is 8.09. The summed E-state index contributed by atoms with van der Waals surface area (Å²) in [5, 5.41) is 5.99. The van der Waals surface area contributed by atoms with Crippen LogP contribution in [0.2, 0.25) is 10.0 Å². The molecule has 0 atom stereocenters. The van der Waals surface area contributed by atoms with Gasteiger partial charge in [-0.3, -0.25) is 4.79 Å². The Morgan fingerprint density at radius 3 is 2.33 bits per heavy atom. The number of anilines is 1. The van der Waals surface area contributed by atoms with E-state index in [0.717, 1.165) is 16.5 Å². The van der Waals surface area contributed by atoms with Gasteiger partial charge in [0.15, 0.2) is 0 Å². The predicted octanol–water partition coefficient (Wildman–Crippen LogP) is 5.53. The fraction of sp³-hybridized carbons (Fsp3) is 0.217. The Morgan fingerprint density at radius 1 is 0.800 bits per heavy atom. The minimum Gasteiger partial charge on any atom is -0.337 e. The standard InChI is InChI=1S/C23H21Cl2N3O2/c24-18-7-9-20(21(25)15-18)22(29)27-10-3-11-28(13-12-27)23(30)26-19-8-6-16-4-1-2-5-17(16)14-19/h1-2,4-9,14-15H,3,10-13H2,(H,26,30). The topological polar surface area (TPSA) is 52.7 Å². The molecule has 1 saturated heterocycles. The van der Waals surface area contributed by atoms with Crippen LogP contribution in [0.3, 0.4) is 0 Å². The number of amides is 3. The van der Waals surface area contributed by atoms with Gasteiger partial charge < -0.3 is 15.1 Å². The molecular weight excluding hydrogens is 421 g/mol. The van der Waals surface area contributed by atoms with E-state index in [9.17, 15) is 9.59 Å². The number of nitrogens with zero attached hydrogens (tertiary/aromatic N) is 2. The Labute approximate surface area is 185 Å². The Morgan fingerprint density at radius 2 is 1.53 bits per heavy atom. The number of urea groups is 1. The van der Waals surface area contributed by atoms with Crippen molar-refractivity contribution in [2.45, 2.75) is 6.42 Å². The zero-order chi connectivity index (χ0) is 21.1. The van der Waals surface area contributed by atoms with Gasteiger partial charge in [-0.1, -0.05) is 53.5 Å². The predicted molar refractivity (Wildman–Crippen MR) is 122 cm³/mol. The fourth-order valence-electron chi connectivity index (χ4n) is 3.63. The van der Waals surface area contributed by atoms with Crippen LogP contribution >= 0.6 is 23.2 Å². The summed E-state index contributed by atoms with van der Waals surface area (Å²) in [6.07, 6.45) is 0.697. The lowest BCUT2D eigenvalue weighted by Crippen LogP contribution is -2.39. The number of halogens is 2. The zero-order valence-corrected chi connectivity index (χ0v) is 17.8. The Kier molecular flexibility index (Phi) is 6.11. The normalized spacial score (nSPS) is 14.5. The van der Waals surface area contributed by atoms with Gasteiger partial charge in [0.25, 0.3) is 5.91 Å². The average molecular weight is 442 g/mol. The minimum atomic E-state index is -0.163. The second kappa shape index (κ2) is 8.94. The molecule has 0 bridgehead atoms. The summed E-state index contributed by atoms with van der Waals surface area (Å²) in [6, 6.07) is 18.6. The third-order valence-electron chi connectivity index (χ3n) is 5.23. The van der Waals surface area contributed by atoms with Gasteiger partial charge in [-0.25, -0.2) is 4.79 Å². The van der Waals surface area contributed by atoms with Crippen LogP contribution in [0.5, 0.6) is 0 Å². The van der Waals surface area contributed by atoms with Crippen molar-refractivity contribution in [3.63, 3.8) is 0 Å². The molecule has 154 valence electrons. The average Bonchev–Trinajstić information content (AvgIpc) is 3.00. The molecule has 1 heterocycles. The molecule has 0 radical (unpaired) electrons. The number of rotatable bonds is 2. The van der Waals surface area contributed by atoms with E-state index in [1.54, 1.807) is 28.0 Å². The Balaban J connectivity index is 1.40. The molecule has 0 aromatic heterocycles. The Hall–Kier alpha value is -2.76. The number of carbonyl (C=O) groups is 2. The van der Waals surface area contributed by atoms with Crippen molar-refractivity contribution in [2.75, 3.05) is 31.5 Å². The highest BCUT2D eigenvalue weighted by Gasteiger charge is 2.24. The number of hydrogen-bond acceptors (Lipinski definition) is 2. The summed E-state index contributed by atoms with van der Waals surface area (Å²) in [6.45, 7) is 2.05. The number of nitrogens with one attached hydrogen (secondary N) is 1. The first kappa shape index (κ1) is 20.5. The summed E-state index contributed by atoms with van der Waals surface area (Å²) >= 11 is 12.1. The summed E-state index contributed by atoms with van der Waals surface area (Å²) in [5.41, 5.74) is 1.18. The van der Waals surface area contributed by atoms with E-state index in [-0.39, 0.29) is 11.9 Å². The quantitative estimate of drug-likeness (QED) is 0.568. The van der Waals surface area contributed by atoms with Crippen molar-refractivity contribution < 1.29 is 9.59 Å². The maximum absolute atomic E-state index is 12.9. The third-order valence-corrected chi connectivity index (χ3v) is 5.78. The van der Waals surface area contributed by atoms with E-state index in [0.29, 0.717) is 48.2 Å². The van der Waals surface area contributed by atoms with Crippen molar-refractivity contribution >= 4 is 51.6 Å². The largest absolute Gasteiger partial charge is 0.337 e. The van der Waals surface area contributed by atoms with E-state index in [1.165, 1.54) is 0 Å². The molecule has 5 nitrogen and oxygen atoms in total. The van der Waals surface area contributed by atoms with Crippen LogP contribution in [0, 0.1) is 0 Å². The van der Waals surface area contributed by atoms with Crippen molar-refractivity contribution in [1.82, 2.24) is 9.80 Å². The van der Waals surface area contributed by atoms with E-state index < -0.39 is 0 Å². The SMILES string of the molecule is O=C(Nc1ccc2ccccc2c1)N1CCCN(C(=O)c2ccc(Cl)cc2Cl)CC1. The summed E-state index contributed by atoms with van der Waals surface area (Å²) in [4.78, 5) is 29.1. The number of benzene rings is 3. The first-order valence-corrected chi connectivity index (χ1v) is 10.6. The van der Waals surface area contributed by atoms with Crippen LogP contribution in [0.1, 0.15) is 16.8 Å². The van der Waals surface area contributed by atoms with Crippen LogP contribution in [0.4, 0.5) is 10.5 Å². The molecule has 1 aliphatic heterocycles.